The van der Waals surface area contributed by atoms with Gasteiger partial charge in [-0.05, 0) is 25.3 Å². The molecule has 1 aliphatic heterocycles. The second kappa shape index (κ2) is 4.42. The molecule has 0 radical (unpaired) electrons. The van der Waals surface area contributed by atoms with E-state index in [0.717, 1.165) is 11.4 Å². The largest absolute Gasteiger partial charge is 0.327 e. The van der Waals surface area contributed by atoms with Gasteiger partial charge >= 0.3 is 0 Å². The Bertz CT molecular complexity index is 507. The summed E-state index contributed by atoms with van der Waals surface area (Å²) in [5.41, 5.74) is 8.14. The molecule has 1 aromatic rings. The minimum Gasteiger partial charge on any atom is -0.327 e. The molecular weight excluding hydrogens is 238 g/mol. The van der Waals surface area contributed by atoms with Crippen molar-refractivity contribution in [3.8, 4) is 0 Å². The van der Waals surface area contributed by atoms with Crippen molar-refractivity contribution in [1.82, 2.24) is 9.78 Å². The molecule has 2 atom stereocenters. The minimum atomic E-state index is -2.84. The summed E-state index contributed by atoms with van der Waals surface area (Å²) in [7, 11) is -0.951. The van der Waals surface area contributed by atoms with Gasteiger partial charge in [0.15, 0.2) is 9.84 Å². The zero-order valence-electron chi connectivity index (χ0n) is 10.3. The molecule has 0 aromatic carbocycles. The van der Waals surface area contributed by atoms with Crippen LogP contribution in [0.1, 0.15) is 17.8 Å². The van der Waals surface area contributed by atoms with Crippen molar-refractivity contribution in [3.05, 3.63) is 17.5 Å². The Hall–Kier alpha value is -0.880. The molecule has 0 saturated carbocycles. The second-order valence-electron chi connectivity index (χ2n) is 4.93. The molecule has 2 heterocycles. The quantitative estimate of drug-likeness (QED) is 0.829. The third-order valence-corrected chi connectivity index (χ3v) is 5.21. The van der Waals surface area contributed by atoms with Gasteiger partial charge in [0.2, 0.25) is 0 Å². The maximum atomic E-state index is 11.4. The maximum absolute atomic E-state index is 11.4. The van der Waals surface area contributed by atoms with Crippen LogP contribution in [-0.2, 0) is 23.3 Å². The molecule has 2 unspecified atom stereocenters. The maximum Gasteiger partial charge on any atom is 0.150 e. The number of rotatable bonds is 3. The summed E-state index contributed by atoms with van der Waals surface area (Å²) in [5.74, 6) is 0.621. The van der Waals surface area contributed by atoms with Crippen molar-refractivity contribution in [3.63, 3.8) is 0 Å². The van der Waals surface area contributed by atoms with Crippen molar-refractivity contribution in [2.45, 2.75) is 25.8 Å². The van der Waals surface area contributed by atoms with Gasteiger partial charge < -0.3 is 5.73 Å². The van der Waals surface area contributed by atoms with Gasteiger partial charge in [-0.25, -0.2) is 8.42 Å². The van der Waals surface area contributed by atoms with E-state index in [0.29, 0.717) is 12.8 Å². The first-order chi connectivity index (χ1) is 7.87. The highest BCUT2D eigenvalue weighted by Gasteiger charge is 2.32. The van der Waals surface area contributed by atoms with E-state index in [1.165, 1.54) is 0 Å². The van der Waals surface area contributed by atoms with Crippen LogP contribution in [0.15, 0.2) is 6.07 Å². The summed E-state index contributed by atoms with van der Waals surface area (Å²) in [6, 6.07) is 1.91. The van der Waals surface area contributed by atoms with Crippen molar-refractivity contribution < 1.29 is 8.42 Å². The van der Waals surface area contributed by atoms with Crippen molar-refractivity contribution >= 4 is 9.84 Å². The molecule has 1 saturated heterocycles. The summed E-state index contributed by atoms with van der Waals surface area (Å²) < 4.78 is 24.6. The highest BCUT2D eigenvalue weighted by atomic mass is 32.2. The second-order valence-corrected chi connectivity index (χ2v) is 7.16. The molecule has 0 amide bonds. The van der Waals surface area contributed by atoms with E-state index < -0.39 is 9.84 Å². The fraction of sp³-hybridized carbons (Fsp3) is 0.727. The molecule has 0 spiro atoms. The molecule has 1 aromatic heterocycles. The third-order valence-electron chi connectivity index (χ3n) is 3.42. The highest BCUT2D eigenvalue weighted by molar-refractivity contribution is 7.91. The van der Waals surface area contributed by atoms with Crippen LogP contribution in [0.3, 0.4) is 0 Å². The van der Waals surface area contributed by atoms with Crippen LogP contribution in [0, 0.1) is 12.8 Å². The van der Waals surface area contributed by atoms with Gasteiger partial charge in [-0.1, -0.05) is 0 Å². The Morgan fingerprint density at radius 3 is 2.82 bits per heavy atom. The van der Waals surface area contributed by atoms with Gasteiger partial charge in [0.05, 0.1) is 17.2 Å². The summed E-state index contributed by atoms with van der Waals surface area (Å²) >= 11 is 0. The normalized spacial score (nSPS) is 25.0. The van der Waals surface area contributed by atoms with E-state index >= 15 is 0 Å². The summed E-state index contributed by atoms with van der Waals surface area (Å²) in [5, 5.41) is 4.26. The van der Waals surface area contributed by atoms with E-state index in [1.54, 1.807) is 0 Å². The average Bonchev–Trinajstić information content (AvgIpc) is 2.70. The molecule has 5 nitrogen and oxygen atoms in total. The molecular formula is C11H19N3O2S. The van der Waals surface area contributed by atoms with Crippen molar-refractivity contribution in [2.75, 3.05) is 11.5 Å². The lowest BCUT2D eigenvalue weighted by Gasteiger charge is -2.17. The lowest BCUT2D eigenvalue weighted by Crippen LogP contribution is -2.33. The van der Waals surface area contributed by atoms with Crippen LogP contribution in [0.2, 0.25) is 0 Å². The average molecular weight is 257 g/mol. The fourth-order valence-corrected chi connectivity index (χ4v) is 4.32. The van der Waals surface area contributed by atoms with Crippen LogP contribution in [-0.4, -0.2) is 35.7 Å². The number of hydrogen-bond donors (Lipinski definition) is 1. The summed E-state index contributed by atoms with van der Waals surface area (Å²) in [6.07, 6.45) is 1.39. The number of aromatic nitrogens is 2. The monoisotopic (exact) mass is 257 g/mol. The minimum absolute atomic E-state index is 0.0928. The first kappa shape index (κ1) is 12.6. The topological polar surface area (TPSA) is 78.0 Å². The first-order valence-corrected chi connectivity index (χ1v) is 7.65. The molecule has 96 valence electrons. The van der Waals surface area contributed by atoms with Crippen LogP contribution in [0.4, 0.5) is 0 Å². The fourth-order valence-electron chi connectivity index (χ4n) is 2.42. The zero-order valence-corrected chi connectivity index (χ0v) is 11.1. The first-order valence-electron chi connectivity index (χ1n) is 5.83. The van der Waals surface area contributed by atoms with Crippen molar-refractivity contribution in [1.29, 1.82) is 0 Å². The van der Waals surface area contributed by atoms with E-state index in [2.05, 4.69) is 5.10 Å². The zero-order chi connectivity index (χ0) is 12.6. The number of nitrogens with two attached hydrogens (primary N) is 1. The SMILES string of the molecule is Cc1cc(CC(N)C2CCS(=O)(=O)C2)n(C)n1. The predicted molar refractivity (Wildman–Crippen MR) is 66.4 cm³/mol. The Labute approximate surface area is 102 Å². The van der Waals surface area contributed by atoms with Crippen LogP contribution < -0.4 is 5.73 Å². The van der Waals surface area contributed by atoms with E-state index in [1.807, 2.05) is 24.7 Å². The molecule has 2 rings (SSSR count). The molecule has 0 aliphatic carbocycles. The Kier molecular flexibility index (Phi) is 3.27. The van der Waals surface area contributed by atoms with Gasteiger partial charge in [-0.2, -0.15) is 5.10 Å². The van der Waals surface area contributed by atoms with Gasteiger partial charge in [0, 0.05) is 25.2 Å². The number of sulfone groups is 1. The molecule has 0 bridgehead atoms. The highest BCUT2D eigenvalue weighted by Crippen LogP contribution is 2.22. The van der Waals surface area contributed by atoms with Gasteiger partial charge in [0.1, 0.15) is 0 Å². The van der Waals surface area contributed by atoms with E-state index in [-0.39, 0.29) is 23.5 Å². The number of nitrogens with zero attached hydrogens (tertiary/aromatic N) is 2. The standard InChI is InChI=1S/C11H19N3O2S/c1-8-5-10(14(2)13-8)6-11(12)9-3-4-17(15,16)7-9/h5,9,11H,3-4,6-7,12H2,1-2H3. The molecule has 6 heteroatoms. The summed E-state index contributed by atoms with van der Waals surface area (Å²) in [4.78, 5) is 0. The van der Waals surface area contributed by atoms with E-state index in [4.69, 9.17) is 5.73 Å². The lowest BCUT2D eigenvalue weighted by molar-refractivity contribution is 0.451. The number of aryl methyl sites for hydroxylation is 2. The Morgan fingerprint density at radius 2 is 2.35 bits per heavy atom. The molecule has 2 N–H and O–H groups in total. The van der Waals surface area contributed by atoms with Gasteiger partial charge in [-0.15, -0.1) is 0 Å². The smallest absolute Gasteiger partial charge is 0.150 e. The van der Waals surface area contributed by atoms with Crippen LogP contribution in [0.25, 0.3) is 0 Å². The van der Waals surface area contributed by atoms with Gasteiger partial charge in [0.25, 0.3) is 0 Å². The molecule has 17 heavy (non-hydrogen) atoms. The molecule has 1 aliphatic rings. The van der Waals surface area contributed by atoms with Crippen LogP contribution in [0.5, 0.6) is 0 Å². The van der Waals surface area contributed by atoms with Crippen LogP contribution >= 0.6 is 0 Å². The Morgan fingerprint density at radius 1 is 1.65 bits per heavy atom. The van der Waals surface area contributed by atoms with Gasteiger partial charge in [-0.3, -0.25) is 4.68 Å². The number of hydrogen-bond acceptors (Lipinski definition) is 4. The Balaban J connectivity index is 2.03. The lowest BCUT2D eigenvalue weighted by atomic mass is 9.96. The molecule has 1 fully saturated rings. The predicted octanol–water partition coefficient (Wildman–Crippen LogP) is 0.0330. The van der Waals surface area contributed by atoms with E-state index in [9.17, 15) is 8.42 Å². The summed E-state index contributed by atoms with van der Waals surface area (Å²) in [6.45, 7) is 1.94. The third kappa shape index (κ3) is 2.87. The van der Waals surface area contributed by atoms with Crippen molar-refractivity contribution in [2.24, 2.45) is 18.7 Å².